The molecule has 6 rings (SSSR count). The molecule has 0 radical (unpaired) electrons. The molecule has 1 heterocycles. The molecular formula is C37H46Cl2N4O6. The fourth-order valence-corrected chi connectivity index (χ4v) is 7.89. The number of nitrogens with one attached hydrogen (secondary N) is 4. The molecule has 2 unspecified atom stereocenters. The molecule has 10 nitrogen and oxygen atoms in total. The van der Waals surface area contributed by atoms with Crippen LogP contribution in [-0.4, -0.2) is 59.7 Å². The molecular weight excluding hydrogens is 667 g/mol. The second kappa shape index (κ2) is 15.7. The molecule has 2 aromatic rings. The fourth-order valence-electron chi connectivity index (χ4n) is 7.50. The summed E-state index contributed by atoms with van der Waals surface area (Å²) >= 11 is 12.8. The summed E-state index contributed by atoms with van der Waals surface area (Å²) in [7, 11) is 0. The average molecular weight is 714 g/mol. The number of aliphatic hydroxyl groups is 1. The van der Waals surface area contributed by atoms with Crippen LogP contribution in [0.15, 0.2) is 48.5 Å². The highest BCUT2D eigenvalue weighted by atomic mass is 35.5. The first kappa shape index (κ1) is 35.5. The Morgan fingerprint density at radius 3 is 2.24 bits per heavy atom. The number of halogens is 2. The Morgan fingerprint density at radius 1 is 0.898 bits per heavy atom. The van der Waals surface area contributed by atoms with E-state index in [2.05, 4.69) is 21.3 Å². The van der Waals surface area contributed by atoms with Crippen molar-refractivity contribution in [2.75, 3.05) is 6.54 Å². The largest absolute Gasteiger partial charge is 0.440 e. The van der Waals surface area contributed by atoms with Gasteiger partial charge >= 0.3 is 6.09 Å². The van der Waals surface area contributed by atoms with E-state index in [1.165, 1.54) is 0 Å². The number of carbonyl (C=O) groups is 4. The van der Waals surface area contributed by atoms with Crippen LogP contribution in [0.5, 0.6) is 0 Å². The summed E-state index contributed by atoms with van der Waals surface area (Å²) in [6.45, 7) is 0.497. The van der Waals surface area contributed by atoms with Crippen LogP contribution >= 0.6 is 23.2 Å². The highest BCUT2D eigenvalue weighted by Crippen LogP contribution is 2.58. The van der Waals surface area contributed by atoms with Gasteiger partial charge in [0.05, 0.1) is 6.04 Å². The summed E-state index contributed by atoms with van der Waals surface area (Å²) in [5.41, 5.74) is 1.17. The van der Waals surface area contributed by atoms with Gasteiger partial charge in [-0.05, 0) is 86.3 Å². The Bertz CT molecular complexity index is 1530. The first-order chi connectivity index (χ1) is 23.6. The molecule has 0 bridgehead atoms. The van der Waals surface area contributed by atoms with Gasteiger partial charge in [0.15, 0.2) is 6.10 Å². The number of rotatable bonds is 14. The second-order valence-electron chi connectivity index (χ2n) is 14.3. The standard InChI is InChI=1S/C37H46Cl2N4O6/c38-26-10-4-8-23(19-26)32(37(15-16-37)25-9-5-11-27(39)21-25)49-36(48)43-30(18-22-6-2-1-3-7-22)34(46)42-29(20-24-14-17-40-33(24)45)31(44)35(47)41-28-12-13-28/h4-5,8-11,19,21-22,24,28-32,44H,1-3,6-7,12-18,20H2,(H,40,45)(H,41,47)(H,42,46)(H,43,48)/t24-,29-,30-,31?,32?/m0/s1. The van der Waals surface area contributed by atoms with Crippen molar-refractivity contribution in [3.05, 3.63) is 69.7 Å². The lowest BCUT2D eigenvalue weighted by Crippen LogP contribution is -2.56. The van der Waals surface area contributed by atoms with Crippen molar-refractivity contribution in [2.45, 2.75) is 113 Å². The lowest BCUT2D eigenvalue weighted by molar-refractivity contribution is -0.134. The molecule has 4 fully saturated rings. The van der Waals surface area contributed by atoms with Crippen LogP contribution in [0, 0.1) is 11.8 Å². The number of aliphatic hydroxyl groups excluding tert-OH is 1. The molecule has 2 aromatic carbocycles. The van der Waals surface area contributed by atoms with Gasteiger partial charge in [0.1, 0.15) is 12.1 Å². The average Bonchev–Trinajstić information content (AvgIpc) is 4.02. The van der Waals surface area contributed by atoms with Crippen LogP contribution in [0.4, 0.5) is 4.79 Å². The van der Waals surface area contributed by atoms with Gasteiger partial charge in [-0.25, -0.2) is 4.79 Å². The molecule has 1 saturated heterocycles. The highest BCUT2D eigenvalue weighted by molar-refractivity contribution is 6.31. The Labute approximate surface area is 297 Å². The summed E-state index contributed by atoms with van der Waals surface area (Å²) in [5, 5.41) is 23.5. The maximum Gasteiger partial charge on any atom is 0.408 e. The van der Waals surface area contributed by atoms with E-state index < -0.39 is 53.5 Å². The zero-order chi connectivity index (χ0) is 34.5. The van der Waals surface area contributed by atoms with E-state index in [1.807, 2.05) is 30.3 Å². The maximum absolute atomic E-state index is 14.1. The van der Waals surface area contributed by atoms with Gasteiger partial charge < -0.3 is 31.1 Å². The number of ether oxygens (including phenoxy) is 1. The number of alkyl carbamates (subject to hydrolysis) is 1. The summed E-state index contributed by atoms with van der Waals surface area (Å²) in [6.07, 6.45) is 6.28. The van der Waals surface area contributed by atoms with Crippen LogP contribution in [0.3, 0.4) is 0 Å². The Balaban J connectivity index is 1.22. The minimum atomic E-state index is -1.56. The molecule has 4 amide bonds. The number of hydrogen-bond donors (Lipinski definition) is 5. The predicted molar refractivity (Wildman–Crippen MR) is 186 cm³/mol. The molecule has 1 aliphatic heterocycles. The van der Waals surface area contributed by atoms with Crippen LogP contribution in [-0.2, 0) is 24.5 Å². The van der Waals surface area contributed by atoms with Gasteiger partial charge in [-0.1, -0.05) is 79.6 Å². The zero-order valence-electron chi connectivity index (χ0n) is 27.6. The molecule has 0 spiro atoms. The Morgan fingerprint density at radius 2 is 1.61 bits per heavy atom. The molecule has 49 heavy (non-hydrogen) atoms. The summed E-state index contributed by atoms with van der Waals surface area (Å²) < 4.78 is 6.25. The number of carbonyl (C=O) groups excluding carboxylic acids is 4. The Hall–Kier alpha value is -3.34. The summed E-state index contributed by atoms with van der Waals surface area (Å²) in [6, 6.07) is 12.8. The molecule has 264 valence electrons. The van der Waals surface area contributed by atoms with Crippen LogP contribution in [0.25, 0.3) is 0 Å². The van der Waals surface area contributed by atoms with Crippen molar-refractivity contribution in [2.24, 2.45) is 11.8 Å². The van der Waals surface area contributed by atoms with E-state index in [0.717, 1.165) is 68.9 Å². The molecule has 12 heteroatoms. The third-order valence-corrected chi connectivity index (χ3v) is 11.0. The molecule has 5 N–H and O–H groups in total. The van der Waals surface area contributed by atoms with Gasteiger partial charge in [0, 0.05) is 34.0 Å². The number of benzene rings is 2. The minimum absolute atomic E-state index is 0.0119. The van der Waals surface area contributed by atoms with Gasteiger partial charge in [-0.3, -0.25) is 14.4 Å². The van der Waals surface area contributed by atoms with Crippen LogP contribution < -0.4 is 21.3 Å². The van der Waals surface area contributed by atoms with E-state index in [-0.39, 0.29) is 24.3 Å². The SMILES string of the molecule is O=C(N[C@@H](CC1CCCCC1)C(=O)N[C@@H](C[C@@H]1CCNC1=O)C(O)C(=O)NC1CC1)OC(c1cccc(Cl)c1)C1(c2cccc(Cl)c2)CC1. The summed E-state index contributed by atoms with van der Waals surface area (Å²) in [5.74, 6) is -1.53. The van der Waals surface area contributed by atoms with E-state index in [4.69, 9.17) is 27.9 Å². The third kappa shape index (κ3) is 9.07. The first-order valence-corrected chi connectivity index (χ1v) is 18.4. The van der Waals surface area contributed by atoms with E-state index in [1.54, 1.807) is 18.2 Å². The van der Waals surface area contributed by atoms with Crippen molar-refractivity contribution in [3.63, 3.8) is 0 Å². The quantitative estimate of drug-likeness (QED) is 0.175. The van der Waals surface area contributed by atoms with Crippen LogP contribution in [0.2, 0.25) is 10.0 Å². The molecule has 5 atom stereocenters. The highest BCUT2D eigenvalue weighted by Gasteiger charge is 2.54. The van der Waals surface area contributed by atoms with E-state index in [0.29, 0.717) is 29.4 Å². The maximum atomic E-state index is 14.1. The zero-order valence-corrected chi connectivity index (χ0v) is 29.1. The van der Waals surface area contributed by atoms with Gasteiger partial charge in [0.2, 0.25) is 11.8 Å². The topological polar surface area (TPSA) is 146 Å². The van der Waals surface area contributed by atoms with Crippen LogP contribution in [0.1, 0.15) is 94.3 Å². The van der Waals surface area contributed by atoms with E-state index >= 15 is 0 Å². The van der Waals surface area contributed by atoms with Gasteiger partial charge in [-0.15, -0.1) is 0 Å². The van der Waals surface area contributed by atoms with E-state index in [9.17, 15) is 24.3 Å². The van der Waals surface area contributed by atoms with Crippen molar-refractivity contribution >= 4 is 47.0 Å². The van der Waals surface area contributed by atoms with Crippen molar-refractivity contribution in [1.82, 2.24) is 21.3 Å². The molecule has 3 saturated carbocycles. The van der Waals surface area contributed by atoms with Crippen molar-refractivity contribution < 1.29 is 29.0 Å². The fraction of sp³-hybridized carbons (Fsp3) is 0.568. The molecule has 0 aromatic heterocycles. The molecule has 4 aliphatic rings. The van der Waals surface area contributed by atoms with Gasteiger partial charge in [0.25, 0.3) is 5.91 Å². The summed E-state index contributed by atoms with van der Waals surface area (Å²) in [4.78, 5) is 53.4. The van der Waals surface area contributed by atoms with Crippen molar-refractivity contribution in [1.29, 1.82) is 0 Å². The predicted octanol–water partition coefficient (Wildman–Crippen LogP) is 5.48. The lowest BCUT2D eigenvalue weighted by Gasteiger charge is -2.32. The number of hydrogen-bond acceptors (Lipinski definition) is 6. The normalized spacial score (nSPS) is 22.6. The van der Waals surface area contributed by atoms with Crippen molar-refractivity contribution in [3.8, 4) is 0 Å². The smallest absolute Gasteiger partial charge is 0.408 e. The molecule has 3 aliphatic carbocycles. The second-order valence-corrected chi connectivity index (χ2v) is 15.2. The van der Waals surface area contributed by atoms with Gasteiger partial charge in [-0.2, -0.15) is 0 Å². The first-order valence-electron chi connectivity index (χ1n) is 17.7. The lowest BCUT2D eigenvalue weighted by atomic mass is 9.84. The monoisotopic (exact) mass is 712 g/mol. The number of amides is 4. The Kier molecular flexibility index (Phi) is 11.4. The third-order valence-electron chi connectivity index (χ3n) is 10.6. The minimum Gasteiger partial charge on any atom is -0.440 e.